The van der Waals surface area contributed by atoms with Crippen molar-refractivity contribution in [3.8, 4) is 0 Å². The summed E-state index contributed by atoms with van der Waals surface area (Å²) in [5.74, 6) is 0.169. The third kappa shape index (κ3) is 4.62. The Kier molecular flexibility index (Phi) is 6.03. The second-order valence-corrected chi connectivity index (χ2v) is 6.35. The van der Waals surface area contributed by atoms with Crippen LogP contribution < -0.4 is 10.2 Å². The lowest BCUT2D eigenvalue weighted by molar-refractivity contribution is 0.0600. The van der Waals surface area contributed by atoms with Crippen molar-refractivity contribution in [2.24, 2.45) is 0 Å². The molecule has 2 heterocycles. The number of rotatable bonds is 5. The number of esters is 1. The van der Waals surface area contributed by atoms with E-state index in [4.69, 9.17) is 4.74 Å². The number of likely N-dealkylation sites (N-methyl/N-ethyl adjacent to an activating group) is 1. The van der Waals surface area contributed by atoms with Gasteiger partial charge in [0.1, 0.15) is 5.82 Å². The average molecular weight is 368 g/mol. The number of carbonyl (C=O) groups excluding carboxylic acids is 2. The molecule has 0 spiro atoms. The number of pyridine rings is 1. The molecule has 1 saturated heterocycles. The minimum Gasteiger partial charge on any atom is -0.465 e. The molecule has 1 fully saturated rings. The molecule has 1 aromatic heterocycles. The largest absolute Gasteiger partial charge is 0.465 e. The van der Waals surface area contributed by atoms with Gasteiger partial charge in [0, 0.05) is 38.1 Å². The maximum atomic E-state index is 12.4. The van der Waals surface area contributed by atoms with Crippen molar-refractivity contribution in [3.63, 3.8) is 0 Å². The summed E-state index contributed by atoms with van der Waals surface area (Å²) in [5, 5.41) is 2.78. The lowest BCUT2D eigenvalue weighted by Crippen LogP contribution is -2.46. The zero-order valence-electron chi connectivity index (χ0n) is 15.6. The molecule has 0 atom stereocenters. The zero-order chi connectivity index (χ0) is 19.2. The fourth-order valence-electron chi connectivity index (χ4n) is 3.05. The summed E-state index contributed by atoms with van der Waals surface area (Å²) in [7, 11) is 1.32. The van der Waals surface area contributed by atoms with Crippen LogP contribution in [0.5, 0.6) is 0 Å². The van der Waals surface area contributed by atoms with Crippen LogP contribution in [0.15, 0.2) is 42.6 Å². The minimum atomic E-state index is -0.444. The maximum Gasteiger partial charge on any atom is 0.337 e. The van der Waals surface area contributed by atoms with Crippen LogP contribution >= 0.6 is 0 Å². The topological polar surface area (TPSA) is 74.8 Å². The van der Waals surface area contributed by atoms with Crippen LogP contribution in [0.2, 0.25) is 0 Å². The minimum absolute atomic E-state index is 0.271. The number of aromatic nitrogens is 1. The van der Waals surface area contributed by atoms with Crippen LogP contribution in [0.25, 0.3) is 0 Å². The van der Waals surface area contributed by atoms with Gasteiger partial charge in [-0.05, 0) is 36.9 Å². The second-order valence-electron chi connectivity index (χ2n) is 6.35. The third-order valence-corrected chi connectivity index (χ3v) is 4.70. The predicted octanol–water partition coefficient (Wildman–Crippen LogP) is 2.26. The van der Waals surface area contributed by atoms with Crippen LogP contribution in [-0.2, 0) is 4.74 Å². The summed E-state index contributed by atoms with van der Waals surface area (Å²) in [6, 6.07) is 10.3. The summed E-state index contributed by atoms with van der Waals surface area (Å²) >= 11 is 0. The summed E-state index contributed by atoms with van der Waals surface area (Å²) in [6.07, 6.45) is 1.58. The number of hydrogen-bond acceptors (Lipinski definition) is 6. The highest BCUT2D eigenvalue weighted by atomic mass is 16.5. The standard InChI is InChI=1S/C20H24N4O3/c1-3-23-9-11-24(12-10-23)18-8-7-16(14-21-18)19(25)22-17-6-4-5-15(13-17)20(26)27-2/h4-8,13-14H,3,9-12H2,1-2H3,(H,22,25). The molecule has 0 unspecified atom stereocenters. The van der Waals surface area contributed by atoms with Gasteiger partial charge in [0.25, 0.3) is 5.91 Å². The van der Waals surface area contributed by atoms with Gasteiger partial charge in [0.05, 0.1) is 18.2 Å². The van der Waals surface area contributed by atoms with Gasteiger partial charge in [-0.15, -0.1) is 0 Å². The number of anilines is 2. The molecular formula is C20H24N4O3. The van der Waals surface area contributed by atoms with E-state index in [1.807, 2.05) is 6.07 Å². The summed E-state index contributed by atoms with van der Waals surface area (Å²) < 4.78 is 4.70. The molecule has 1 aromatic carbocycles. The van der Waals surface area contributed by atoms with E-state index in [1.54, 1.807) is 36.5 Å². The molecule has 142 valence electrons. The maximum absolute atomic E-state index is 12.4. The predicted molar refractivity (Wildman–Crippen MR) is 104 cm³/mol. The van der Waals surface area contributed by atoms with Gasteiger partial charge in [0.15, 0.2) is 0 Å². The fraction of sp³-hybridized carbons (Fsp3) is 0.350. The third-order valence-electron chi connectivity index (χ3n) is 4.70. The van der Waals surface area contributed by atoms with Crippen LogP contribution in [-0.4, -0.2) is 61.6 Å². The average Bonchev–Trinajstić information content (AvgIpc) is 2.73. The highest BCUT2D eigenvalue weighted by Gasteiger charge is 2.17. The Balaban J connectivity index is 1.63. The van der Waals surface area contributed by atoms with Crippen molar-refractivity contribution in [1.29, 1.82) is 0 Å². The van der Waals surface area contributed by atoms with Crippen LogP contribution in [0.4, 0.5) is 11.5 Å². The molecule has 1 aliphatic rings. The van der Waals surface area contributed by atoms with Gasteiger partial charge in [-0.1, -0.05) is 13.0 Å². The first-order valence-electron chi connectivity index (χ1n) is 9.04. The molecule has 27 heavy (non-hydrogen) atoms. The molecule has 7 heteroatoms. The molecule has 0 radical (unpaired) electrons. The van der Waals surface area contributed by atoms with Gasteiger partial charge >= 0.3 is 5.97 Å². The molecule has 3 rings (SSSR count). The van der Waals surface area contributed by atoms with Crippen LogP contribution in [0.3, 0.4) is 0 Å². The normalized spacial score (nSPS) is 14.7. The van der Waals surface area contributed by atoms with Crippen molar-refractivity contribution < 1.29 is 14.3 Å². The first-order chi connectivity index (χ1) is 13.1. The number of hydrogen-bond donors (Lipinski definition) is 1. The lowest BCUT2D eigenvalue weighted by atomic mass is 10.2. The molecule has 1 N–H and O–H groups in total. The highest BCUT2D eigenvalue weighted by molar-refractivity contribution is 6.04. The molecule has 0 aliphatic carbocycles. The van der Waals surface area contributed by atoms with Crippen molar-refractivity contribution in [2.45, 2.75) is 6.92 Å². The van der Waals surface area contributed by atoms with E-state index in [0.717, 1.165) is 38.5 Å². The fourth-order valence-corrected chi connectivity index (χ4v) is 3.05. The van der Waals surface area contributed by atoms with Crippen LogP contribution in [0.1, 0.15) is 27.6 Å². The number of methoxy groups -OCH3 is 1. The Morgan fingerprint density at radius 3 is 2.52 bits per heavy atom. The molecule has 0 bridgehead atoms. The van der Waals surface area contributed by atoms with Crippen molar-refractivity contribution in [1.82, 2.24) is 9.88 Å². The summed E-state index contributed by atoms with van der Waals surface area (Å²) in [4.78, 5) is 33.1. The molecule has 0 saturated carbocycles. The molecule has 1 amide bonds. The van der Waals surface area contributed by atoms with E-state index >= 15 is 0 Å². The highest BCUT2D eigenvalue weighted by Crippen LogP contribution is 2.16. The van der Waals surface area contributed by atoms with Gasteiger partial charge in [-0.2, -0.15) is 0 Å². The first-order valence-corrected chi connectivity index (χ1v) is 9.04. The van der Waals surface area contributed by atoms with E-state index in [-0.39, 0.29) is 5.91 Å². The Morgan fingerprint density at radius 1 is 1.11 bits per heavy atom. The number of nitrogens with one attached hydrogen (secondary N) is 1. The number of ether oxygens (including phenoxy) is 1. The number of piperazine rings is 1. The van der Waals surface area contributed by atoms with E-state index in [9.17, 15) is 9.59 Å². The van der Waals surface area contributed by atoms with Gasteiger partial charge in [-0.25, -0.2) is 9.78 Å². The Bertz CT molecular complexity index is 799. The Morgan fingerprint density at radius 2 is 1.89 bits per heavy atom. The zero-order valence-corrected chi connectivity index (χ0v) is 15.6. The quantitative estimate of drug-likeness (QED) is 0.816. The van der Waals surface area contributed by atoms with E-state index in [1.165, 1.54) is 7.11 Å². The molecule has 2 aromatic rings. The first kappa shape index (κ1) is 18.8. The molecular weight excluding hydrogens is 344 g/mol. The summed E-state index contributed by atoms with van der Waals surface area (Å²) in [5.41, 5.74) is 1.38. The van der Waals surface area contributed by atoms with E-state index < -0.39 is 5.97 Å². The molecule has 1 aliphatic heterocycles. The summed E-state index contributed by atoms with van der Waals surface area (Å²) in [6.45, 7) is 7.16. The Hall–Kier alpha value is -2.93. The van der Waals surface area contributed by atoms with Gasteiger partial charge in [-0.3, -0.25) is 4.79 Å². The monoisotopic (exact) mass is 368 g/mol. The second kappa shape index (κ2) is 8.64. The number of nitrogens with zero attached hydrogens (tertiary/aromatic N) is 3. The van der Waals surface area contributed by atoms with Gasteiger partial charge < -0.3 is 19.9 Å². The van der Waals surface area contributed by atoms with Crippen molar-refractivity contribution in [2.75, 3.05) is 50.1 Å². The lowest BCUT2D eigenvalue weighted by Gasteiger charge is -2.34. The SMILES string of the molecule is CCN1CCN(c2ccc(C(=O)Nc3cccc(C(=O)OC)c3)cn2)CC1. The van der Waals surface area contributed by atoms with Crippen molar-refractivity contribution >= 4 is 23.4 Å². The van der Waals surface area contributed by atoms with Gasteiger partial charge in [0.2, 0.25) is 0 Å². The molecule has 7 nitrogen and oxygen atoms in total. The number of carbonyl (C=O) groups is 2. The van der Waals surface area contributed by atoms with E-state index in [0.29, 0.717) is 16.8 Å². The number of benzene rings is 1. The smallest absolute Gasteiger partial charge is 0.337 e. The Labute approximate surface area is 158 Å². The van der Waals surface area contributed by atoms with E-state index in [2.05, 4.69) is 27.0 Å². The van der Waals surface area contributed by atoms with Crippen LogP contribution in [0, 0.1) is 0 Å². The van der Waals surface area contributed by atoms with Crippen molar-refractivity contribution in [3.05, 3.63) is 53.7 Å². The number of amides is 1.